The van der Waals surface area contributed by atoms with E-state index < -0.39 is 10.0 Å². The lowest BCUT2D eigenvalue weighted by Crippen LogP contribution is -2.28. The van der Waals surface area contributed by atoms with Crippen LogP contribution in [-0.4, -0.2) is 31.4 Å². The van der Waals surface area contributed by atoms with Crippen molar-refractivity contribution in [2.45, 2.75) is 23.7 Å². The highest BCUT2D eigenvalue weighted by atomic mass is 32.2. The van der Waals surface area contributed by atoms with Crippen LogP contribution < -0.4 is 0 Å². The van der Waals surface area contributed by atoms with Gasteiger partial charge in [-0.3, -0.25) is 0 Å². The lowest BCUT2D eigenvalue weighted by Gasteiger charge is -2.15. The topological polar surface area (TPSA) is 57.6 Å². The predicted octanol–water partition coefficient (Wildman–Crippen LogP) is 1.27. The van der Waals surface area contributed by atoms with E-state index in [0.29, 0.717) is 22.2 Å². The molecule has 1 saturated carbocycles. The van der Waals surface area contributed by atoms with Crippen molar-refractivity contribution < 1.29 is 13.5 Å². The molecular weight excluding hydrogens is 246 g/mol. The molecule has 0 radical (unpaired) electrons. The number of aliphatic hydroxyl groups excluding tert-OH is 1. The third-order valence-electron chi connectivity index (χ3n) is 2.69. The monoisotopic (exact) mass is 261 g/mol. The molecule has 2 rings (SSSR count). The molecule has 0 bridgehead atoms. The van der Waals surface area contributed by atoms with Crippen molar-refractivity contribution in [1.82, 2.24) is 4.31 Å². The Morgan fingerprint density at radius 3 is 2.75 bits per heavy atom. The minimum Gasteiger partial charge on any atom is -0.392 e. The minimum atomic E-state index is -3.34. The summed E-state index contributed by atoms with van der Waals surface area (Å²) in [6, 6.07) is 1.55. The van der Waals surface area contributed by atoms with Crippen LogP contribution in [0.5, 0.6) is 0 Å². The first-order chi connectivity index (χ1) is 7.54. The Hall–Kier alpha value is -0.430. The molecule has 6 heteroatoms. The molecule has 0 aliphatic heterocycles. The van der Waals surface area contributed by atoms with E-state index in [1.54, 1.807) is 18.5 Å². The molecule has 1 aromatic heterocycles. The van der Waals surface area contributed by atoms with E-state index in [4.69, 9.17) is 5.11 Å². The van der Waals surface area contributed by atoms with Crippen molar-refractivity contribution >= 4 is 21.4 Å². The van der Waals surface area contributed by atoms with E-state index in [-0.39, 0.29) is 6.61 Å². The average molecular weight is 261 g/mol. The lowest BCUT2D eigenvalue weighted by molar-refractivity contribution is 0.282. The van der Waals surface area contributed by atoms with Gasteiger partial charge in [-0.15, -0.1) is 11.3 Å². The summed E-state index contributed by atoms with van der Waals surface area (Å²) in [5.74, 6) is 0.539. The Balaban J connectivity index is 2.16. The normalized spacial score (nSPS) is 16.9. The fourth-order valence-corrected chi connectivity index (χ4v) is 4.14. The van der Waals surface area contributed by atoms with E-state index >= 15 is 0 Å². The van der Waals surface area contributed by atoms with Crippen molar-refractivity contribution in [1.29, 1.82) is 0 Å². The van der Waals surface area contributed by atoms with Crippen LogP contribution in [0, 0.1) is 5.92 Å². The Bertz CT molecular complexity index is 462. The molecule has 1 aliphatic carbocycles. The Morgan fingerprint density at radius 2 is 2.25 bits per heavy atom. The fourth-order valence-electron chi connectivity index (χ4n) is 1.49. The first-order valence-corrected chi connectivity index (χ1v) is 7.50. The van der Waals surface area contributed by atoms with Gasteiger partial charge in [0.2, 0.25) is 0 Å². The van der Waals surface area contributed by atoms with Gasteiger partial charge in [-0.05, 0) is 35.8 Å². The van der Waals surface area contributed by atoms with E-state index in [2.05, 4.69) is 0 Å². The molecule has 1 heterocycles. The summed E-state index contributed by atoms with van der Waals surface area (Å²) < 4.78 is 25.9. The molecule has 0 amide bonds. The molecule has 1 aromatic rings. The molecule has 90 valence electrons. The number of aliphatic hydroxyl groups is 1. The predicted molar refractivity (Wildman–Crippen MR) is 62.8 cm³/mol. The average Bonchev–Trinajstić information content (AvgIpc) is 2.93. The molecular formula is C10H15NO3S2. The highest BCUT2D eigenvalue weighted by molar-refractivity contribution is 7.91. The molecule has 0 atom stereocenters. The molecule has 16 heavy (non-hydrogen) atoms. The van der Waals surface area contributed by atoms with Crippen LogP contribution in [-0.2, 0) is 16.6 Å². The summed E-state index contributed by atoms with van der Waals surface area (Å²) in [4.78, 5) is 0. The van der Waals surface area contributed by atoms with Gasteiger partial charge in [0.25, 0.3) is 10.0 Å². The van der Waals surface area contributed by atoms with E-state index in [9.17, 15) is 8.42 Å². The van der Waals surface area contributed by atoms with Gasteiger partial charge in [-0.2, -0.15) is 4.31 Å². The first-order valence-electron chi connectivity index (χ1n) is 5.18. The van der Waals surface area contributed by atoms with Gasteiger partial charge in [0.15, 0.2) is 0 Å². The van der Waals surface area contributed by atoms with Gasteiger partial charge in [-0.25, -0.2) is 8.42 Å². The van der Waals surface area contributed by atoms with E-state index in [1.807, 2.05) is 0 Å². The largest absolute Gasteiger partial charge is 0.392 e. The maximum Gasteiger partial charge on any atom is 0.252 e. The molecule has 1 fully saturated rings. The molecule has 0 aromatic carbocycles. The van der Waals surface area contributed by atoms with E-state index in [1.165, 1.54) is 15.6 Å². The minimum absolute atomic E-state index is 0.113. The van der Waals surface area contributed by atoms with Crippen LogP contribution in [0.3, 0.4) is 0 Å². The third-order valence-corrected chi connectivity index (χ3v) is 5.98. The Labute approximate surface area is 99.6 Å². The van der Waals surface area contributed by atoms with Crippen LogP contribution >= 0.6 is 11.3 Å². The second-order valence-corrected chi connectivity index (χ2v) is 7.34. The van der Waals surface area contributed by atoms with Gasteiger partial charge in [0.1, 0.15) is 4.21 Å². The Morgan fingerprint density at radius 1 is 1.56 bits per heavy atom. The number of hydrogen-bond acceptors (Lipinski definition) is 4. The van der Waals surface area contributed by atoms with Crippen LogP contribution in [0.25, 0.3) is 0 Å². The fraction of sp³-hybridized carbons (Fsp3) is 0.600. The Kier molecular flexibility index (Phi) is 3.34. The van der Waals surface area contributed by atoms with Gasteiger partial charge in [0, 0.05) is 13.6 Å². The lowest BCUT2D eigenvalue weighted by atomic mass is 10.4. The SMILES string of the molecule is CN(CC1CC1)S(=O)(=O)c1cc(CO)cs1. The second kappa shape index (κ2) is 4.44. The van der Waals surface area contributed by atoms with Crippen LogP contribution in [0.15, 0.2) is 15.7 Å². The van der Waals surface area contributed by atoms with Crippen molar-refractivity contribution in [3.63, 3.8) is 0 Å². The zero-order chi connectivity index (χ0) is 11.8. The molecule has 4 nitrogen and oxygen atoms in total. The molecule has 0 unspecified atom stereocenters. The van der Waals surface area contributed by atoms with Gasteiger partial charge in [-0.1, -0.05) is 0 Å². The standard InChI is InChI=1S/C10H15NO3S2/c1-11(5-8-2-3-8)16(13,14)10-4-9(6-12)7-15-10/h4,7-8,12H,2-3,5-6H2,1H3. The number of sulfonamides is 1. The van der Waals surface area contributed by atoms with Crippen molar-refractivity contribution in [3.05, 3.63) is 17.0 Å². The summed E-state index contributed by atoms with van der Waals surface area (Å²) in [5.41, 5.74) is 0.656. The molecule has 0 saturated heterocycles. The van der Waals surface area contributed by atoms with Crippen LogP contribution in [0.1, 0.15) is 18.4 Å². The number of thiophene rings is 1. The summed E-state index contributed by atoms with van der Waals surface area (Å²) in [5, 5.41) is 10.6. The first kappa shape index (κ1) is 12.0. The molecule has 1 N–H and O–H groups in total. The number of rotatable bonds is 5. The molecule has 0 spiro atoms. The van der Waals surface area contributed by atoms with Gasteiger partial charge < -0.3 is 5.11 Å². The van der Waals surface area contributed by atoms with Crippen molar-refractivity contribution in [2.24, 2.45) is 5.92 Å². The maximum atomic E-state index is 12.1. The number of hydrogen-bond donors (Lipinski definition) is 1. The van der Waals surface area contributed by atoms with Gasteiger partial charge >= 0.3 is 0 Å². The zero-order valence-electron chi connectivity index (χ0n) is 9.09. The van der Waals surface area contributed by atoms with Crippen LogP contribution in [0.2, 0.25) is 0 Å². The summed E-state index contributed by atoms with van der Waals surface area (Å²) in [7, 11) is -1.73. The highest BCUT2D eigenvalue weighted by Crippen LogP contribution is 2.32. The van der Waals surface area contributed by atoms with Crippen molar-refractivity contribution in [3.8, 4) is 0 Å². The summed E-state index contributed by atoms with van der Waals surface area (Å²) in [6.07, 6.45) is 2.26. The highest BCUT2D eigenvalue weighted by Gasteiger charge is 2.29. The summed E-state index contributed by atoms with van der Waals surface area (Å²) in [6.45, 7) is 0.493. The van der Waals surface area contributed by atoms with Crippen molar-refractivity contribution in [2.75, 3.05) is 13.6 Å². The third kappa shape index (κ3) is 2.45. The van der Waals surface area contributed by atoms with Crippen LogP contribution in [0.4, 0.5) is 0 Å². The van der Waals surface area contributed by atoms with Gasteiger partial charge in [0.05, 0.1) is 6.61 Å². The second-order valence-electron chi connectivity index (χ2n) is 4.16. The number of nitrogens with zero attached hydrogens (tertiary/aromatic N) is 1. The molecule has 1 aliphatic rings. The smallest absolute Gasteiger partial charge is 0.252 e. The summed E-state index contributed by atoms with van der Waals surface area (Å²) >= 11 is 1.17. The quantitative estimate of drug-likeness (QED) is 0.868. The maximum absolute atomic E-state index is 12.1. The zero-order valence-corrected chi connectivity index (χ0v) is 10.7. The van der Waals surface area contributed by atoms with E-state index in [0.717, 1.165) is 12.8 Å².